The fourth-order valence-electron chi connectivity index (χ4n) is 3.57. The van der Waals surface area contributed by atoms with Crippen molar-refractivity contribution in [3.8, 4) is 28.7 Å². The number of benzene rings is 2. The van der Waals surface area contributed by atoms with E-state index in [0.29, 0.717) is 6.42 Å². The lowest BCUT2D eigenvalue weighted by molar-refractivity contribution is 0.399. The molecular formula is C35H60O5Si3. The first kappa shape index (κ1) is 37.0. The first-order valence-corrected chi connectivity index (χ1v) is 24.2. The second-order valence-electron chi connectivity index (χ2n) is 16.2. The lowest BCUT2D eigenvalue weighted by atomic mass is 10.1. The average molecular weight is 645 g/mol. The lowest BCUT2D eigenvalue weighted by Crippen LogP contribution is -2.47. The number of methoxy groups -OCH3 is 2. The molecule has 0 fully saturated rings. The molecule has 0 heterocycles. The summed E-state index contributed by atoms with van der Waals surface area (Å²) in [4.78, 5) is 0. The molecule has 2 aromatic carbocycles. The summed E-state index contributed by atoms with van der Waals surface area (Å²) >= 11 is 0. The van der Waals surface area contributed by atoms with E-state index < -0.39 is 25.0 Å². The molecule has 0 spiro atoms. The van der Waals surface area contributed by atoms with E-state index in [1.165, 1.54) is 0 Å². The molecule has 242 valence electrons. The van der Waals surface area contributed by atoms with Crippen molar-refractivity contribution in [2.24, 2.45) is 0 Å². The van der Waals surface area contributed by atoms with Crippen LogP contribution in [0, 0.1) is 0 Å². The third-order valence-electron chi connectivity index (χ3n) is 9.68. The zero-order valence-corrected chi connectivity index (χ0v) is 33.3. The first-order valence-electron chi connectivity index (χ1n) is 15.5. The Labute approximate surface area is 266 Å². The number of rotatable bonds is 11. The van der Waals surface area contributed by atoms with E-state index >= 15 is 0 Å². The van der Waals surface area contributed by atoms with E-state index in [2.05, 4.69) is 126 Å². The van der Waals surface area contributed by atoms with Gasteiger partial charge in [0.2, 0.25) is 0 Å². The van der Waals surface area contributed by atoms with E-state index in [-0.39, 0.29) is 15.1 Å². The van der Waals surface area contributed by atoms with E-state index in [1.54, 1.807) is 14.2 Å². The molecule has 0 aliphatic rings. The minimum absolute atomic E-state index is 0.0177. The molecule has 43 heavy (non-hydrogen) atoms. The van der Waals surface area contributed by atoms with Gasteiger partial charge in [0.25, 0.3) is 25.0 Å². The fourth-order valence-corrected chi connectivity index (χ4v) is 6.61. The molecule has 0 atom stereocenters. The van der Waals surface area contributed by atoms with Crippen molar-refractivity contribution >= 4 is 31.0 Å². The van der Waals surface area contributed by atoms with Crippen molar-refractivity contribution in [3.05, 3.63) is 47.5 Å². The molecule has 0 unspecified atom stereocenters. The second kappa shape index (κ2) is 13.1. The van der Waals surface area contributed by atoms with Crippen molar-refractivity contribution in [2.45, 2.75) is 123 Å². The Hall–Kier alpha value is -2.17. The normalized spacial score (nSPS) is 13.7. The number of hydrogen-bond acceptors (Lipinski definition) is 5. The Bertz CT molecular complexity index is 1230. The van der Waals surface area contributed by atoms with Gasteiger partial charge in [-0.05, 0) is 96.7 Å². The van der Waals surface area contributed by atoms with Crippen LogP contribution in [0.1, 0.15) is 73.4 Å². The Balaban J connectivity index is 2.78. The molecule has 2 rings (SSSR count). The van der Waals surface area contributed by atoms with Gasteiger partial charge < -0.3 is 22.8 Å². The van der Waals surface area contributed by atoms with Crippen molar-refractivity contribution in [2.75, 3.05) is 14.2 Å². The molecule has 8 heteroatoms. The van der Waals surface area contributed by atoms with Crippen LogP contribution in [0.2, 0.25) is 54.4 Å². The molecule has 0 bridgehead atoms. The third-order valence-corrected chi connectivity index (χ3v) is 22.7. The van der Waals surface area contributed by atoms with Gasteiger partial charge in [0.05, 0.1) is 14.2 Å². The Morgan fingerprint density at radius 3 is 1.42 bits per heavy atom. The summed E-state index contributed by atoms with van der Waals surface area (Å²) in [6.45, 7) is 34.1. The molecule has 0 aliphatic carbocycles. The highest BCUT2D eigenvalue weighted by molar-refractivity contribution is 6.76. The van der Waals surface area contributed by atoms with Crippen molar-refractivity contribution in [3.63, 3.8) is 0 Å². The highest BCUT2D eigenvalue weighted by atomic mass is 28.4. The van der Waals surface area contributed by atoms with Gasteiger partial charge in [-0.3, -0.25) is 0 Å². The number of allylic oxidation sites excluding steroid dienone is 1. The minimum atomic E-state index is -2.23. The highest BCUT2D eigenvalue weighted by Gasteiger charge is 2.45. The fraction of sp³-hybridized carbons (Fsp3) is 0.600. The molecule has 2 aromatic rings. The van der Waals surface area contributed by atoms with Crippen molar-refractivity contribution < 1.29 is 22.8 Å². The molecule has 0 saturated heterocycles. The standard InChI is InChI=1S/C35H60O5Si3/c1-33(2,3)41(12,13)38-30-23-26(19-18-20-27-25-28(36-10)21-22-29(27)37-11)24-31(39-42(14,15)34(4,5)6)32(30)40-43(16,17)35(7,8)9/h18-19,21-25H,20H2,1-17H3/b19-18+. The molecule has 0 aliphatic heterocycles. The quantitative estimate of drug-likeness (QED) is 0.228. The Morgan fingerprint density at radius 2 is 1.02 bits per heavy atom. The van der Waals surface area contributed by atoms with Crippen LogP contribution in [-0.2, 0) is 6.42 Å². The van der Waals surface area contributed by atoms with Gasteiger partial charge in [0.1, 0.15) is 23.0 Å². The molecule has 0 saturated carbocycles. The summed E-state index contributed by atoms with van der Waals surface area (Å²) in [6, 6.07) is 10.2. The topological polar surface area (TPSA) is 46.2 Å². The van der Waals surface area contributed by atoms with Gasteiger partial charge in [0, 0.05) is 5.56 Å². The Kier molecular flexibility index (Phi) is 11.2. The van der Waals surface area contributed by atoms with Gasteiger partial charge in [-0.15, -0.1) is 0 Å². The maximum Gasteiger partial charge on any atom is 0.250 e. The predicted molar refractivity (Wildman–Crippen MR) is 192 cm³/mol. The van der Waals surface area contributed by atoms with Crippen LogP contribution in [0.4, 0.5) is 0 Å². The third kappa shape index (κ3) is 9.17. The maximum atomic E-state index is 7.11. The lowest BCUT2D eigenvalue weighted by Gasteiger charge is -2.42. The van der Waals surface area contributed by atoms with Crippen LogP contribution in [-0.4, -0.2) is 39.2 Å². The summed E-state index contributed by atoms with van der Waals surface area (Å²) in [5, 5.41) is 0.0662. The van der Waals surface area contributed by atoms with Gasteiger partial charge in [0.15, 0.2) is 5.75 Å². The summed E-state index contributed by atoms with van der Waals surface area (Å²) in [6.07, 6.45) is 5.00. The van der Waals surface area contributed by atoms with Gasteiger partial charge >= 0.3 is 0 Å². The SMILES string of the molecule is COc1ccc(OC)c(C/C=C/c2cc(O[Si](C)(C)C(C)(C)C)c(O[Si](C)(C)C(C)(C)C)c(O[Si](C)(C)C(C)(C)C)c2)c1. The Morgan fingerprint density at radius 1 is 0.581 bits per heavy atom. The average Bonchev–Trinajstić information content (AvgIpc) is 2.83. The van der Waals surface area contributed by atoms with Gasteiger partial charge in [-0.1, -0.05) is 74.5 Å². The second-order valence-corrected chi connectivity index (χ2v) is 30.4. The smallest absolute Gasteiger partial charge is 0.250 e. The number of ether oxygens (including phenoxy) is 2. The van der Waals surface area contributed by atoms with Crippen LogP contribution in [0.25, 0.3) is 6.08 Å². The van der Waals surface area contributed by atoms with E-state index in [9.17, 15) is 0 Å². The van der Waals surface area contributed by atoms with Crippen molar-refractivity contribution in [1.29, 1.82) is 0 Å². The van der Waals surface area contributed by atoms with E-state index in [0.717, 1.165) is 39.9 Å². The van der Waals surface area contributed by atoms with E-state index in [1.807, 2.05) is 18.2 Å². The maximum absolute atomic E-state index is 7.11. The van der Waals surface area contributed by atoms with Crippen LogP contribution >= 0.6 is 0 Å². The van der Waals surface area contributed by atoms with Crippen LogP contribution in [0.3, 0.4) is 0 Å². The summed E-state index contributed by atoms with van der Waals surface area (Å²) in [5.41, 5.74) is 2.08. The molecule has 0 radical (unpaired) electrons. The molecule has 0 amide bonds. The summed E-state index contributed by atoms with van der Waals surface area (Å²) in [7, 11) is -3.27. The zero-order valence-electron chi connectivity index (χ0n) is 30.3. The molecule has 0 aromatic heterocycles. The number of hydrogen-bond donors (Lipinski definition) is 0. The van der Waals surface area contributed by atoms with Gasteiger partial charge in [-0.25, -0.2) is 0 Å². The predicted octanol–water partition coefficient (Wildman–Crippen LogP) is 11.1. The zero-order chi connectivity index (χ0) is 33.2. The largest absolute Gasteiger partial charge is 0.541 e. The summed E-state index contributed by atoms with van der Waals surface area (Å²) in [5.74, 6) is 3.98. The highest BCUT2D eigenvalue weighted by Crippen LogP contribution is 2.50. The first-order chi connectivity index (χ1) is 19.3. The minimum Gasteiger partial charge on any atom is -0.541 e. The monoisotopic (exact) mass is 644 g/mol. The van der Waals surface area contributed by atoms with Crippen LogP contribution in [0.15, 0.2) is 36.4 Å². The molecule has 0 N–H and O–H groups in total. The van der Waals surface area contributed by atoms with Crippen molar-refractivity contribution in [1.82, 2.24) is 0 Å². The van der Waals surface area contributed by atoms with Crippen LogP contribution < -0.4 is 22.8 Å². The van der Waals surface area contributed by atoms with Gasteiger partial charge in [-0.2, -0.15) is 0 Å². The van der Waals surface area contributed by atoms with Crippen LogP contribution in [0.5, 0.6) is 28.7 Å². The summed E-state index contributed by atoms with van der Waals surface area (Å²) < 4.78 is 32.3. The molecular weight excluding hydrogens is 585 g/mol. The van der Waals surface area contributed by atoms with E-state index in [4.69, 9.17) is 22.8 Å². The molecule has 5 nitrogen and oxygen atoms in total.